The Morgan fingerprint density at radius 3 is 2.52 bits per heavy atom. The number of amides is 1. The molecule has 3 aromatic rings. The van der Waals surface area contributed by atoms with Gasteiger partial charge in [-0.3, -0.25) is 14.2 Å². The first-order valence-corrected chi connectivity index (χ1v) is 8.17. The predicted octanol–water partition coefficient (Wildman–Crippen LogP) is 4.08. The number of ketones is 1. The number of para-hydroxylation sites is 3. The quantitative estimate of drug-likeness (QED) is 0.322. The molecule has 6 heteroatoms. The molecule has 1 heterocycles. The first kappa shape index (κ1) is 16.9. The van der Waals surface area contributed by atoms with Crippen LogP contribution >= 0.6 is 12.2 Å². The number of nitrogens with zero attached hydrogens (tertiary/aromatic N) is 1. The summed E-state index contributed by atoms with van der Waals surface area (Å²) < 4.78 is 2.06. The van der Waals surface area contributed by atoms with Crippen molar-refractivity contribution in [3.05, 3.63) is 64.4 Å². The molecule has 0 unspecified atom stereocenters. The van der Waals surface area contributed by atoms with Crippen molar-refractivity contribution in [2.75, 3.05) is 5.32 Å². The topological polar surface area (TPSA) is 66.9 Å². The highest BCUT2D eigenvalue weighted by molar-refractivity contribution is 7.71. The molecule has 126 valence electrons. The molecule has 5 nitrogen and oxygen atoms in total. The fourth-order valence-corrected chi connectivity index (χ4v) is 2.80. The average molecular weight is 351 g/mol. The van der Waals surface area contributed by atoms with Crippen LogP contribution in [0.5, 0.6) is 0 Å². The number of aromatic nitrogens is 2. The van der Waals surface area contributed by atoms with Gasteiger partial charge in [-0.2, -0.15) is 0 Å². The van der Waals surface area contributed by atoms with Gasteiger partial charge in [0.2, 0.25) is 0 Å². The molecule has 0 spiro atoms. The minimum Gasteiger partial charge on any atom is -0.330 e. The SMILES string of the molecule is CC(=O)/C(=C/n1c(=S)[nH]c2ccccc21)C(=O)Nc1ccccc1C. The third-order valence-electron chi connectivity index (χ3n) is 3.90. The van der Waals surface area contributed by atoms with Gasteiger partial charge < -0.3 is 10.3 Å². The molecule has 0 aliphatic carbocycles. The van der Waals surface area contributed by atoms with Crippen LogP contribution in [0.4, 0.5) is 5.69 Å². The predicted molar refractivity (Wildman–Crippen MR) is 102 cm³/mol. The Morgan fingerprint density at radius 2 is 1.80 bits per heavy atom. The van der Waals surface area contributed by atoms with Gasteiger partial charge >= 0.3 is 0 Å². The number of benzene rings is 2. The lowest BCUT2D eigenvalue weighted by atomic mass is 10.1. The first-order valence-electron chi connectivity index (χ1n) is 7.76. The van der Waals surface area contributed by atoms with Crippen LogP contribution in [0.3, 0.4) is 0 Å². The number of carbonyl (C=O) groups is 2. The largest absolute Gasteiger partial charge is 0.330 e. The molecule has 2 aromatic carbocycles. The van der Waals surface area contributed by atoms with Crippen LogP contribution in [0.15, 0.2) is 54.1 Å². The molecule has 0 aliphatic rings. The maximum atomic E-state index is 12.6. The van der Waals surface area contributed by atoms with Gasteiger partial charge in [-0.1, -0.05) is 30.3 Å². The molecule has 0 bridgehead atoms. The highest BCUT2D eigenvalue weighted by Crippen LogP contribution is 2.18. The Labute approximate surface area is 150 Å². The van der Waals surface area contributed by atoms with E-state index in [9.17, 15) is 9.59 Å². The van der Waals surface area contributed by atoms with Crippen molar-refractivity contribution < 1.29 is 9.59 Å². The van der Waals surface area contributed by atoms with Crippen molar-refractivity contribution in [2.24, 2.45) is 0 Å². The van der Waals surface area contributed by atoms with Gasteiger partial charge in [-0.25, -0.2) is 0 Å². The molecular formula is C19H17N3O2S. The number of aromatic amines is 1. The number of nitrogens with one attached hydrogen (secondary N) is 2. The standard InChI is InChI=1S/C19H17N3O2S/c1-12-7-3-4-8-15(12)20-18(24)14(13(2)23)11-22-17-10-6-5-9-16(17)21-19(22)25/h3-11H,1-2H3,(H,20,24)(H,21,25)/b14-11-. The molecular weight excluding hydrogens is 334 g/mol. The van der Waals surface area contributed by atoms with Gasteiger partial charge in [0.25, 0.3) is 5.91 Å². The molecule has 0 saturated carbocycles. The zero-order valence-corrected chi connectivity index (χ0v) is 14.7. The number of hydrogen-bond acceptors (Lipinski definition) is 3. The smallest absolute Gasteiger partial charge is 0.260 e. The van der Waals surface area contributed by atoms with Crippen molar-refractivity contribution in [3.8, 4) is 0 Å². The second kappa shape index (κ2) is 6.86. The second-order valence-corrected chi connectivity index (χ2v) is 6.07. The zero-order valence-electron chi connectivity index (χ0n) is 13.9. The van der Waals surface area contributed by atoms with Crippen molar-refractivity contribution in [2.45, 2.75) is 13.8 Å². The third kappa shape index (κ3) is 3.44. The summed E-state index contributed by atoms with van der Waals surface area (Å²) >= 11 is 5.31. The van der Waals surface area contributed by atoms with E-state index in [2.05, 4.69) is 10.3 Å². The van der Waals surface area contributed by atoms with E-state index < -0.39 is 5.91 Å². The fourth-order valence-electron chi connectivity index (χ4n) is 2.54. The van der Waals surface area contributed by atoms with Crippen LogP contribution in [0.2, 0.25) is 0 Å². The van der Waals surface area contributed by atoms with E-state index in [1.165, 1.54) is 13.1 Å². The van der Waals surface area contributed by atoms with Crippen LogP contribution in [0.1, 0.15) is 12.5 Å². The van der Waals surface area contributed by atoms with Gasteiger partial charge in [0, 0.05) is 11.9 Å². The number of fused-ring (bicyclic) bond motifs is 1. The monoisotopic (exact) mass is 351 g/mol. The molecule has 0 fully saturated rings. The minimum absolute atomic E-state index is 0.0316. The Balaban J connectivity index is 2.03. The summed E-state index contributed by atoms with van der Waals surface area (Å²) in [6, 6.07) is 14.9. The lowest BCUT2D eigenvalue weighted by molar-refractivity contribution is -0.118. The summed E-state index contributed by atoms with van der Waals surface area (Å²) in [6.45, 7) is 3.25. The van der Waals surface area contributed by atoms with E-state index in [-0.39, 0.29) is 11.4 Å². The Morgan fingerprint density at radius 1 is 1.12 bits per heavy atom. The van der Waals surface area contributed by atoms with Crippen LogP contribution in [0.25, 0.3) is 17.2 Å². The molecule has 0 atom stereocenters. The number of rotatable bonds is 4. The average Bonchev–Trinajstić information content (AvgIpc) is 2.89. The number of aryl methyl sites for hydroxylation is 1. The van der Waals surface area contributed by atoms with E-state index in [1.54, 1.807) is 10.6 Å². The summed E-state index contributed by atoms with van der Waals surface area (Å²) in [6.07, 6.45) is 1.48. The maximum absolute atomic E-state index is 12.6. The van der Waals surface area contributed by atoms with E-state index in [0.717, 1.165) is 16.6 Å². The van der Waals surface area contributed by atoms with Crippen LogP contribution in [0, 0.1) is 11.7 Å². The molecule has 0 radical (unpaired) electrons. The molecule has 25 heavy (non-hydrogen) atoms. The highest BCUT2D eigenvalue weighted by atomic mass is 32.1. The van der Waals surface area contributed by atoms with Crippen molar-refractivity contribution in [1.29, 1.82) is 0 Å². The van der Waals surface area contributed by atoms with Crippen LogP contribution in [-0.2, 0) is 9.59 Å². The summed E-state index contributed by atoms with van der Waals surface area (Å²) in [5.41, 5.74) is 3.26. The summed E-state index contributed by atoms with van der Waals surface area (Å²) in [5.74, 6) is -0.799. The van der Waals surface area contributed by atoms with Gasteiger partial charge in [0.1, 0.15) is 0 Å². The summed E-state index contributed by atoms with van der Waals surface area (Å²) in [4.78, 5) is 27.7. The van der Waals surface area contributed by atoms with Crippen molar-refractivity contribution in [3.63, 3.8) is 0 Å². The lowest BCUT2D eigenvalue weighted by Crippen LogP contribution is -2.20. The Kier molecular flexibility index (Phi) is 4.63. The third-order valence-corrected chi connectivity index (χ3v) is 4.20. The number of anilines is 1. The number of carbonyl (C=O) groups excluding carboxylic acids is 2. The van der Waals surface area contributed by atoms with Gasteiger partial charge in [-0.05, 0) is 49.8 Å². The summed E-state index contributed by atoms with van der Waals surface area (Å²) in [5, 5.41) is 2.79. The van der Waals surface area contributed by atoms with E-state index in [0.29, 0.717) is 10.5 Å². The minimum atomic E-state index is -0.464. The summed E-state index contributed by atoms with van der Waals surface area (Å²) in [7, 11) is 0. The fraction of sp³-hybridized carbons (Fsp3) is 0.105. The molecule has 3 rings (SSSR count). The molecule has 0 saturated heterocycles. The number of Topliss-reactive ketones (excluding diaryl/α,β-unsaturated/α-hetero) is 1. The Bertz CT molecular complexity index is 1060. The number of imidazole rings is 1. The normalized spacial score (nSPS) is 11.5. The number of H-pyrrole nitrogens is 1. The lowest BCUT2D eigenvalue weighted by Gasteiger charge is -2.09. The maximum Gasteiger partial charge on any atom is 0.260 e. The van der Waals surface area contributed by atoms with Crippen molar-refractivity contribution in [1.82, 2.24) is 9.55 Å². The first-order chi connectivity index (χ1) is 12.0. The van der Waals surface area contributed by atoms with E-state index >= 15 is 0 Å². The van der Waals surface area contributed by atoms with E-state index in [1.807, 2.05) is 49.4 Å². The van der Waals surface area contributed by atoms with Gasteiger partial charge in [0.05, 0.1) is 16.6 Å². The highest BCUT2D eigenvalue weighted by Gasteiger charge is 2.16. The molecule has 1 amide bonds. The molecule has 2 N–H and O–H groups in total. The van der Waals surface area contributed by atoms with Crippen LogP contribution < -0.4 is 5.32 Å². The molecule has 1 aromatic heterocycles. The van der Waals surface area contributed by atoms with Crippen LogP contribution in [-0.4, -0.2) is 21.2 Å². The zero-order chi connectivity index (χ0) is 18.0. The van der Waals surface area contributed by atoms with Gasteiger partial charge in [-0.15, -0.1) is 0 Å². The Hall–Kier alpha value is -2.99. The molecule has 0 aliphatic heterocycles. The van der Waals surface area contributed by atoms with Crippen molar-refractivity contribution >= 4 is 46.8 Å². The second-order valence-electron chi connectivity index (χ2n) is 5.69. The van der Waals surface area contributed by atoms with E-state index in [4.69, 9.17) is 12.2 Å². The van der Waals surface area contributed by atoms with Gasteiger partial charge in [0.15, 0.2) is 10.6 Å². The number of hydrogen-bond donors (Lipinski definition) is 2.